The van der Waals surface area contributed by atoms with E-state index in [0.717, 1.165) is 0 Å². The molecule has 0 saturated heterocycles. The zero-order valence-corrected chi connectivity index (χ0v) is 18.4. The number of amides is 1. The van der Waals surface area contributed by atoms with Crippen molar-refractivity contribution in [3.8, 4) is 17.1 Å². The number of nitrogens with zero attached hydrogens (tertiary/aromatic N) is 3. The lowest BCUT2D eigenvalue weighted by molar-refractivity contribution is -0.384. The van der Waals surface area contributed by atoms with Crippen LogP contribution in [0.25, 0.3) is 11.3 Å². The maximum atomic E-state index is 12.5. The predicted molar refractivity (Wildman–Crippen MR) is 125 cm³/mol. The first-order chi connectivity index (χ1) is 16.0. The molecule has 0 saturated carbocycles. The number of hydrogen-bond donors (Lipinski definition) is 2. The van der Waals surface area contributed by atoms with Crippen molar-refractivity contribution in [2.75, 3.05) is 5.32 Å². The molecule has 4 aromatic rings. The first-order valence-electron chi connectivity index (χ1n) is 9.46. The minimum absolute atomic E-state index is 0.00433. The molecule has 0 aliphatic carbocycles. The largest absolute Gasteiger partial charge is 0.486 e. The highest BCUT2D eigenvalue weighted by atomic mass is 32.1. The fourth-order valence-electron chi connectivity index (χ4n) is 2.76. The molecule has 0 aliphatic heterocycles. The molecule has 2 N–H and O–H groups in total. The van der Waals surface area contributed by atoms with Gasteiger partial charge in [-0.25, -0.2) is 0 Å². The normalized spacial score (nSPS) is 10.4. The van der Waals surface area contributed by atoms with E-state index >= 15 is 0 Å². The lowest BCUT2D eigenvalue weighted by Gasteiger charge is -2.05. The standard InChI is InChI=1S/C21H15N5O5S2/c27-19(17-11-10-16(31-17)14-8-4-5-9-15(14)26(28)29)22-20(32)23-21-25-24-18(33-21)12-30-13-6-2-1-3-7-13/h1-11H,12H2,(H2,22,23,25,27,32). The first-order valence-corrected chi connectivity index (χ1v) is 10.7. The summed E-state index contributed by atoms with van der Waals surface area (Å²) in [5.74, 6) is 0.234. The summed E-state index contributed by atoms with van der Waals surface area (Å²) in [4.78, 5) is 23.1. The van der Waals surface area contributed by atoms with Gasteiger partial charge in [-0.2, -0.15) is 0 Å². The van der Waals surface area contributed by atoms with Gasteiger partial charge in [0, 0.05) is 6.07 Å². The van der Waals surface area contributed by atoms with Crippen molar-refractivity contribution in [2.24, 2.45) is 0 Å². The number of benzene rings is 2. The number of rotatable bonds is 7. The van der Waals surface area contributed by atoms with Gasteiger partial charge in [-0.05, 0) is 42.5 Å². The van der Waals surface area contributed by atoms with E-state index in [9.17, 15) is 14.9 Å². The smallest absolute Gasteiger partial charge is 0.293 e. The van der Waals surface area contributed by atoms with Gasteiger partial charge in [-0.1, -0.05) is 41.7 Å². The summed E-state index contributed by atoms with van der Waals surface area (Å²) in [6.45, 7) is 0.239. The van der Waals surface area contributed by atoms with E-state index in [2.05, 4.69) is 20.8 Å². The summed E-state index contributed by atoms with van der Waals surface area (Å²) in [7, 11) is 0. The molecule has 0 atom stereocenters. The summed E-state index contributed by atoms with van der Waals surface area (Å²) in [5.41, 5.74) is 0.140. The summed E-state index contributed by atoms with van der Waals surface area (Å²) in [5, 5.41) is 25.5. The number of ether oxygens (including phenoxy) is 1. The minimum Gasteiger partial charge on any atom is -0.486 e. The summed E-state index contributed by atoms with van der Waals surface area (Å²) < 4.78 is 11.1. The summed E-state index contributed by atoms with van der Waals surface area (Å²) in [6, 6.07) is 18.3. The van der Waals surface area contributed by atoms with Gasteiger partial charge in [0.05, 0.1) is 10.5 Å². The number of carbonyl (C=O) groups is 1. The van der Waals surface area contributed by atoms with Crippen molar-refractivity contribution in [1.29, 1.82) is 0 Å². The number of hydrogen-bond acceptors (Lipinski definition) is 9. The molecule has 0 bridgehead atoms. The van der Waals surface area contributed by atoms with Crippen LogP contribution in [0.15, 0.2) is 71.1 Å². The highest BCUT2D eigenvalue weighted by molar-refractivity contribution is 7.80. The number of anilines is 1. The molecule has 12 heteroatoms. The fourth-order valence-corrected chi connectivity index (χ4v) is 3.67. The summed E-state index contributed by atoms with van der Waals surface area (Å²) >= 11 is 6.38. The molecule has 4 rings (SSSR count). The molecule has 0 radical (unpaired) electrons. The molecule has 0 aliphatic rings. The molecule has 2 aromatic carbocycles. The number of thiocarbonyl (C=S) groups is 1. The van der Waals surface area contributed by atoms with Crippen molar-refractivity contribution < 1.29 is 18.9 Å². The van der Waals surface area contributed by atoms with Crippen molar-refractivity contribution in [3.05, 3.63) is 87.6 Å². The fraction of sp³-hybridized carbons (Fsp3) is 0.0476. The summed E-state index contributed by atoms with van der Waals surface area (Å²) in [6.07, 6.45) is 0. The van der Waals surface area contributed by atoms with Gasteiger partial charge in [0.15, 0.2) is 15.9 Å². The molecular weight excluding hydrogens is 466 g/mol. The topological polar surface area (TPSA) is 132 Å². The number of nitrogens with one attached hydrogen (secondary N) is 2. The Balaban J connectivity index is 1.34. The quantitative estimate of drug-likeness (QED) is 0.224. The van der Waals surface area contributed by atoms with Gasteiger partial charge in [-0.15, -0.1) is 10.2 Å². The van der Waals surface area contributed by atoms with Crippen LogP contribution in [0.4, 0.5) is 10.8 Å². The Hall–Kier alpha value is -4.16. The molecular formula is C21H15N5O5S2. The van der Waals surface area contributed by atoms with Crippen molar-refractivity contribution in [3.63, 3.8) is 0 Å². The van der Waals surface area contributed by atoms with E-state index in [-0.39, 0.29) is 34.5 Å². The maximum Gasteiger partial charge on any atom is 0.293 e. The lowest BCUT2D eigenvalue weighted by atomic mass is 10.1. The lowest BCUT2D eigenvalue weighted by Crippen LogP contribution is -2.33. The van der Waals surface area contributed by atoms with Gasteiger partial charge in [0.2, 0.25) is 5.13 Å². The Morgan fingerprint density at radius 3 is 2.64 bits per heavy atom. The van der Waals surface area contributed by atoms with Crippen molar-refractivity contribution >= 4 is 45.4 Å². The van der Waals surface area contributed by atoms with Crippen LogP contribution in [0, 0.1) is 10.1 Å². The number of furan rings is 1. The molecule has 2 heterocycles. The van der Waals surface area contributed by atoms with Crippen LogP contribution in [-0.4, -0.2) is 26.1 Å². The number of nitro groups is 1. The van der Waals surface area contributed by atoms with Gasteiger partial charge in [0.1, 0.15) is 18.1 Å². The van der Waals surface area contributed by atoms with E-state index in [1.807, 2.05) is 30.3 Å². The molecule has 0 spiro atoms. The zero-order chi connectivity index (χ0) is 23.2. The predicted octanol–water partition coefficient (Wildman–Crippen LogP) is 4.41. The van der Waals surface area contributed by atoms with E-state index in [0.29, 0.717) is 15.9 Å². The second kappa shape index (κ2) is 9.97. The third-order valence-corrected chi connectivity index (χ3v) is 5.23. The Bertz CT molecular complexity index is 1310. The highest BCUT2D eigenvalue weighted by Gasteiger charge is 2.20. The maximum absolute atomic E-state index is 12.5. The monoisotopic (exact) mass is 481 g/mol. The average molecular weight is 482 g/mol. The number of para-hydroxylation sites is 2. The van der Waals surface area contributed by atoms with Crippen LogP contribution in [0.3, 0.4) is 0 Å². The van der Waals surface area contributed by atoms with Crippen LogP contribution in [0.2, 0.25) is 0 Å². The molecule has 33 heavy (non-hydrogen) atoms. The Morgan fingerprint density at radius 2 is 1.85 bits per heavy atom. The van der Waals surface area contributed by atoms with Crippen molar-refractivity contribution in [1.82, 2.24) is 15.5 Å². The van der Waals surface area contributed by atoms with E-state index < -0.39 is 10.8 Å². The van der Waals surface area contributed by atoms with Crippen LogP contribution in [0.1, 0.15) is 15.6 Å². The van der Waals surface area contributed by atoms with Crippen molar-refractivity contribution in [2.45, 2.75) is 6.61 Å². The Labute approximate surface area is 196 Å². The minimum atomic E-state index is -0.616. The molecule has 0 unspecified atom stereocenters. The number of aromatic nitrogens is 2. The second-order valence-corrected chi connectivity index (χ2v) is 7.92. The average Bonchev–Trinajstić information content (AvgIpc) is 3.48. The van der Waals surface area contributed by atoms with Gasteiger partial charge >= 0.3 is 0 Å². The van der Waals surface area contributed by atoms with Crippen LogP contribution in [0.5, 0.6) is 5.75 Å². The molecule has 166 valence electrons. The van der Waals surface area contributed by atoms with Crippen LogP contribution in [-0.2, 0) is 6.61 Å². The first kappa shape index (κ1) is 22.0. The SMILES string of the molecule is O=C(NC(=S)Nc1nnc(COc2ccccc2)s1)c1ccc(-c2ccccc2[N+](=O)[O-])o1. The molecule has 1 amide bonds. The zero-order valence-electron chi connectivity index (χ0n) is 16.8. The second-order valence-electron chi connectivity index (χ2n) is 6.45. The van der Waals surface area contributed by atoms with E-state index in [4.69, 9.17) is 21.4 Å². The molecule has 0 fully saturated rings. The Morgan fingerprint density at radius 1 is 1.09 bits per heavy atom. The molecule has 2 aromatic heterocycles. The van der Waals surface area contributed by atoms with E-state index in [1.54, 1.807) is 18.2 Å². The Kier molecular flexibility index (Phi) is 6.66. The van der Waals surface area contributed by atoms with Gasteiger partial charge in [0.25, 0.3) is 11.6 Å². The van der Waals surface area contributed by atoms with Crippen LogP contribution < -0.4 is 15.4 Å². The van der Waals surface area contributed by atoms with Gasteiger partial charge < -0.3 is 14.5 Å². The number of nitro benzene ring substituents is 1. The highest BCUT2D eigenvalue weighted by Crippen LogP contribution is 2.30. The third kappa shape index (κ3) is 5.56. The molecule has 10 nitrogen and oxygen atoms in total. The van der Waals surface area contributed by atoms with Gasteiger partial charge in [-0.3, -0.25) is 20.2 Å². The van der Waals surface area contributed by atoms with E-state index in [1.165, 1.54) is 29.5 Å². The number of carbonyl (C=O) groups excluding carboxylic acids is 1. The van der Waals surface area contributed by atoms with Crippen LogP contribution >= 0.6 is 23.6 Å². The third-order valence-electron chi connectivity index (χ3n) is 4.22.